The van der Waals surface area contributed by atoms with E-state index in [2.05, 4.69) is 9.71 Å². The standard InChI is InChI=1S/C30H27F2N3O5S2/c1-5-41(36,37)34-22-11-13-27(40-28-12-10-21(31)16-26(28)32)24(17-22)23-14-19(3)33-30-25(23)15-20(4)35(30)42(38,39)29-9-7-6-8-18(29)2/h6-17,34H,5H2,1-4H3. The van der Waals surface area contributed by atoms with E-state index in [1.165, 1.54) is 35.2 Å². The molecule has 0 aliphatic carbocycles. The lowest BCUT2D eigenvalue weighted by Gasteiger charge is -2.16. The van der Waals surface area contributed by atoms with Crippen molar-refractivity contribution in [3.8, 4) is 22.6 Å². The summed E-state index contributed by atoms with van der Waals surface area (Å²) < 4.78 is 90.1. The molecular weight excluding hydrogens is 584 g/mol. The summed E-state index contributed by atoms with van der Waals surface area (Å²) in [4.78, 5) is 4.69. The van der Waals surface area contributed by atoms with Crippen LogP contribution in [0.4, 0.5) is 14.5 Å². The normalized spacial score (nSPS) is 12.0. The molecule has 0 unspecified atom stereocenters. The molecule has 0 bridgehead atoms. The molecule has 0 amide bonds. The molecule has 1 N–H and O–H groups in total. The van der Waals surface area contributed by atoms with Crippen LogP contribution in [0.5, 0.6) is 11.5 Å². The van der Waals surface area contributed by atoms with Crippen molar-refractivity contribution in [3.63, 3.8) is 0 Å². The minimum absolute atomic E-state index is 0.124. The molecule has 218 valence electrons. The molecule has 0 saturated heterocycles. The van der Waals surface area contributed by atoms with Crippen molar-refractivity contribution in [2.75, 3.05) is 10.5 Å². The highest BCUT2D eigenvalue weighted by atomic mass is 32.2. The quantitative estimate of drug-likeness (QED) is 0.209. The number of rotatable bonds is 8. The molecular formula is C30H27F2N3O5S2. The molecule has 5 rings (SSSR count). The summed E-state index contributed by atoms with van der Waals surface area (Å²) >= 11 is 0. The molecule has 0 spiro atoms. The zero-order valence-corrected chi connectivity index (χ0v) is 24.8. The lowest BCUT2D eigenvalue weighted by atomic mass is 10.0. The Morgan fingerprint density at radius 2 is 1.57 bits per heavy atom. The molecule has 0 aliphatic rings. The number of nitrogens with zero attached hydrogens (tertiary/aromatic N) is 2. The Labute approximate surface area is 242 Å². The van der Waals surface area contributed by atoms with Gasteiger partial charge in [-0.3, -0.25) is 4.72 Å². The summed E-state index contributed by atoms with van der Waals surface area (Å²) in [5.41, 5.74) is 2.59. The van der Waals surface area contributed by atoms with E-state index in [0.717, 1.165) is 12.1 Å². The average molecular weight is 612 g/mol. The van der Waals surface area contributed by atoms with Crippen molar-refractivity contribution in [2.24, 2.45) is 0 Å². The second-order valence-electron chi connectivity index (χ2n) is 9.76. The van der Waals surface area contributed by atoms with E-state index in [0.29, 0.717) is 39.5 Å². The van der Waals surface area contributed by atoms with Crippen molar-refractivity contribution in [3.05, 3.63) is 101 Å². The number of fused-ring (bicyclic) bond motifs is 1. The van der Waals surface area contributed by atoms with Gasteiger partial charge in [0, 0.05) is 34.1 Å². The van der Waals surface area contributed by atoms with Gasteiger partial charge in [-0.05, 0) is 87.4 Å². The van der Waals surface area contributed by atoms with Crippen LogP contribution in [0.3, 0.4) is 0 Å². The third-order valence-electron chi connectivity index (χ3n) is 6.68. The molecule has 3 aromatic carbocycles. The number of aryl methyl sites for hydroxylation is 3. The SMILES string of the molecule is CCS(=O)(=O)Nc1ccc(Oc2ccc(F)cc2F)c(-c2cc(C)nc3c2cc(C)n3S(=O)(=O)c2ccccc2C)c1. The highest BCUT2D eigenvalue weighted by Crippen LogP contribution is 2.41. The van der Waals surface area contributed by atoms with Crippen LogP contribution in [0.15, 0.2) is 77.7 Å². The van der Waals surface area contributed by atoms with E-state index < -0.39 is 31.7 Å². The first kappa shape index (κ1) is 29.2. The van der Waals surface area contributed by atoms with Crippen molar-refractivity contribution in [2.45, 2.75) is 32.6 Å². The molecule has 12 heteroatoms. The van der Waals surface area contributed by atoms with Crippen LogP contribution < -0.4 is 9.46 Å². The van der Waals surface area contributed by atoms with Gasteiger partial charge in [0.1, 0.15) is 11.6 Å². The Kier molecular flexibility index (Phi) is 7.54. The van der Waals surface area contributed by atoms with Gasteiger partial charge in [-0.1, -0.05) is 18.2 Å². The Bertz CT molecular complexity index is 2070. The van der Waals surface area contributed by atoms with E-state index in [-0.39, 0.29) is 33.5 Å². The van der Waals surface area contributed by atoms with Crippen LogP contribution >= 0.6 is 0 Å². The molecule has 8 nitrogen and oxygen atoms in total. The van der Waals surface area contributed by atoms with Crippen molar-refractivity contribution < 1.29 is 30.4 Å². The van der Waals surface area contributed by atoms with Gasteiger partial charge in [0.25, 0.3) is 10.0 Å². The number of pyridine rings is 1. The zero-order chi connectivity index (χ0) is 30.4. The zero-order valence-electron chi connectivity index (χ0n) is 23.1. The van der Waals surface area contributed by atoms with Crippen LogP contribution in [0.1, 0.15) is 23.9 Å². The van der Waals surface area contributed by atoms with Crippen LogP contribution in [0.2, 0.25) is 0 Å². The fourth-order valence-electron chi connectivity index (χ4n) is 4.69. The van der Waals surface area contributed by atoms with Gasteiger partial charge >= 0.3 is 0 Å². The number of hydrogen-bond acceptors (Lipinski definition) is 6. The Balaban J connectivity index is 1.77. The maximum absolute atomic E-state index is 14.6. The first-order valence-corrected chi connectivity index (χ1v) is 16.0. The van der Waals surface area contributed by atoms with E-state index >= 15 is 0 Å². The van der Waals surface area contributed by atoms with Crippen LogP contribution in [-0.4, -0.2) is 31.5 Å². The van der Waals surface area contributed by atoms with Gasteiger partial charge in [-0.15, -0.1) is 0 Å². The van der Waals surface area contributed by atoms with E-state index in [9.17, 15) is 25.6 Å². The number of benzene rings is 3. The van der Waals surface area contributed by atoms with Gasteiger partial charge in [0.15, 0.2) is 17.2 Å². The fraction of sp³-hybridized carbons (Fsp3) is 0.167. The smallest absolute Gasteiger partial charge is 0.269 e. The lowest BCUT2D eigenvalue weighted by Crippen LogP contribution is -2.16. The summed E-state index contributed by atoms with van der Waals surface area (Å²) in [6.45, 7) is 6.54. The molecule has 42 heavy (non-hydrogen) atoms. The average Bonchev–Trinajstić information content (AvgIpc) is 3.26. The van der Waals surface area contributed by atoms with Gasteiger partial charge < -0.3 is 4.74 Å². The van der Waals surface area contributed by atoms with Gasteiger partial charge in [0.2, 0.25) is 10.0 Å². The number of ether oxygens (including phenoxy) is 1. The molecule has 2 aromatic heterocycles. The Morgan fingerprint density at radius 3 is 2.26 bits per heavy atom. The lowest BCUT2D eigenvalue weighted by molar-refractivity contribution is 0.439. The maximum atomic E-state index is 14.6. The number of sulfonamides is 1. The third kappa shape index (κ3) is 5.47. The third-order valence-corrected chi connectivity index (χ3v) is 9.94. The van der Waals surface area contributed by atoms with Gasteiger partial charge in [-0.2, -0.15) is 0 Å². The molecule has 2 heterocycles. The molecule has 0 radical (unpaired) electrons. The fourth-order valence-corrected chi connectivity index (χ4v) is 7.04. The minimum atomic E-state index is -4.06. The second-order valence-corrected chi connectivity index (χ2v) is 13.5. The summed E-state index contributed by atoms with van der Waals surface area (Å²) in [5.74, 6) is -2.00. The second kappa shape index (κ2) is 10.8. The predicted molar refractivity (Wildman–Crippen MR) is 158 cm³/mol. The number of hydrogen-bond donors (Lipinski definition) is 1. The first-order valence-electron chi connectivity index (χ1n) is 12.9. The number of anilines is 1. The molecule has 0 aliphatic heterocycles. The summed E-state index contributed by atoms with van der Waals surface area (Å²) in [6, 6.07) is 17.3. The van der Waals surface area contributed by atoms with Crippen molar-refractivity contribution in [1.82, 2.24) is 8.96 Å². The number of halogens is 2. The largest absolute Gasteiger partial charge is 0.454 e. The summed E-state index contributed by atoms with van der Waals surface area (Å²) in [7, 11) is -7.71. The minimum Gasteiger partial charge on any atom is -0.454 e. The maximum Gasteiger partial charge on any atom is 0.269 e. The predicted octanol–water partition coefficient (Wildman–Crippen LogP) is 6.70. The van der Waals surface area contributed by atoms with E-state index in [4.69, 9.17) is 4.74 Å². The van der Waals surface area contributed by atoms with Crippen LogP contribution in [0, 0.1) is 32.4 Å². The van der Waals surface area contributed by atoms with Gasteiger partial charge in [-0.25, -0.2) is 34.6 Å². The molecule has 0 saturated carbocycles. The molecule has 0 fully saturated rings. The van der Waals surface area contributed by atoms with Crippen molar-refractivity contribution >= 4 is 36.8 Å². The van der Waals surface area contributed by atoms with Crippen LogP contribution in [0.25, 0.3) is 22.2 Å². The Morgan fingerprint density at radius 1 is 0.857 bits per heavy atom. The highest BCUT2D eigenvalue weighted by molar-refractivity contribution is 7.92. The van der Waals surface area contributed by atoms with E-state index in [1.54, 1.807) is 51.1 Å². The number of nitrogens with one attached hydrogen (secondary N) is 1. The topological polar surface area (TPSA) is 107 Å². The molecule has 5 aromatic rings. The molecule has 0 atom stereocenters. The highest BCUT2D eigenvalue weighted by Gasteiger charge is 2.26. The summed E-state index contributed by atoms with van der Waals surface area (Å²) in [6.07, 6.45) is 0. The number of aromatic nitrogens is 2. The monoisotopic (exact) mass is 611 g/mol. The van der Waals surface area contributed by atoms with Crippen LogP contribution in [-0.2, 0) is 20.0 Å². The van der Waals surface area contributed by atoms with E-state index in [1.807, 2.05) is 0 Å². The van der Waals surface area contributed by atoms with Crippen molar-refractivity contribution in [1.29, 1.82) is 0 Å². The summed E-state index contributed by atoms with van der Waals surface area (Å²) in [5, 5.41) is 0.440. The van der Waals surface area contributed by atoms with Gasteiger partial charge in [0.05, 0.1) is 10.6 Å². The first-order chi connectivity index (χ1) is 19.8. The Hall–Kier alpha value is -4.29.